The zero-order chi connectivity index (χ0) is 13.9. The largest absolute Gasteiger partial charge is 0.386 e. The van der Waals surface area contributed by atoms with Crippen molar-refractivity contribution in [3.05, 3.63) is 47.5 Å². The fourth-order valence-electron chi connectivity index (χ4n) is 2.84. The van der Waals surface area contributed by atoms with Gasteiger partial charge in [0.25, 0.3) is 0 Å². The first kappa shape index (κ1) is 13.3. The number of hydrogen-bond acceptors (Lipinski definition) is 3. The molecule has 1 aliphatic carbocycles. The summed E-state index contributed by atoms with van der Waals surface area (Å²) in [6.07, 6.45) is 8.83. The van der Waals surface area contributed by atoms with E-state index in [0.717, 1.165) is 11.3 Å². The van der Waals surface area contributed by atoms with Crippen LogP contribution in [0.4, 0.5) is 0 Å². The number of aliphatic hydroxyl groups excluding tert-OH is 1. The summed E-state index contributed by atoms with van der Waals surface area (Å²) >= 11 is 0. The molecule has 0 radical (unpaired) electrons. The fraction of sp³-hybridized carbons (Fsp3) is 0.500. The number of nitrogens with zero attached hydrogens (tertiary/aromatic N) is 3. The van der Waals surface area contributed by atoms with Gasteiger partial charge < -0.3 is 5.11 Å². The fourth-order valence-corrected chi connectivity index (χ4v) is 2.84. The highest BCUT2D eigenvalue weighted by Gasteiger charge is 2.18. The van der Waals surface area contributed by atoms with Crippen LogP contribution in [0.5, 0.6) is 0 Å². The minimum atomic E-state index is -0.581. The van der Waals surface area contributed by atoms with Crippen molar-refractivity contribution >= 4 is 0 Å². The molecule has 4 heteroatoms. The van der Waals surface area contributed by atoms with Crippen LogP contribution in [0.3, 0.4) is 0 Å². The van der Waals surface area contributed by atoms with E-state index in [2.05, 4.69) is 14.8 Å². The lowest BCUT2D eigenvalue weighted by Gasteiger charge is -2.10. The highest BCUT2D eigenvalue weighted by atomic mass is 16.3. The van der Waals surface area contributed by atoms with Crippen LogP contribution in [0.15, 0.2) is 30.6 Å². The van der Waals surface area contributed by atoms with Crippen molar-refractivity contribution in [3.63, 3.8) is 0 Å². The Morgan fingerprint density at radius 1 is 1.30 bits per heavy atom. The van der Waals surface area contributed by atoms with Crippen LogP contribution in [0.1, 0.15) is 54.8 Å². The van der Waals surface area contributed by atoms with Gasteiger partial charge in [-0.15, -0.1) is 0 Å². The maximum Gasteiger partial charge on any atom is 0.102 e. The highest BCUT2D eigenvalue weighted by molar-refractivity contribution is 5.15. The average molecular weight is 271 g/mol. The van der Waals surface area contributed by atoms with Crippen molar-refractivity contribution in [3.8, 4) is 0 Å². The lowest BCUT2D eigenvalue weighted by molar-refractivity contribution is 0.172. The minimum Gasteiger partial charge on any atom is -0.386 e. The van der Waals surface area contributed by atoms with Crippen LogP contribution >= 0.6 is 0 Å². The molecule has 1 saturated carbocycles. The van der Waals surface area contributed by atoms with Gasteiger partial charge in [-0.25, -0.2) is 0 Å². The van der Waals surface area contributed by atoms with Crippen LogP contribution in [0.2, 0.25) is 0 Å². The van der Waals surface area contributed by atoms with Gasteiger partial charge >= 0.3 is 0 Å². The molecule has 1 unspecified atom stereocenters. The third-order valence-electron chi connectivity index (χ3n) is 4.04. The Morgan fingerprint density at radius 2 is 2.10 bits per heavy atom. The second-order valence-corrected chi connectivity index (χ2v) is 5.71. The lowest BCUT2D eigenvalue weighted by Crippen LogP contribution is -2.08. The summed E-state index contributed by atoms with van der Waals surface area (Å²) in [5.74, 6) is 0. The predicted molar refractivity (Wildman–Crippen MR) is 77.4 cm³/mol. The van der Waals surface area contributed by atoms with Gasteiger partial charge in [0.2, 0.25) is 0 Å². The quantitative estimate of drug-likeness (QED) is 0.930. The van der Waals surface area contributed by atoms with Crippen molar-refractivity contribution in [1.82, 2.24) is 14.8 Å². The van der Waals surface area contributed by atoms with Gasteiger partial charge in [-0.3, -0.25) is 9.67 Å². The van der Waals surface area contributed by atoms with E-state index in [0.29, 0.717) is 18.2 Å². The summed E-state index contributed by atoms with van der Waals surface area (Å²) in [5.41, 5.74) is 2.75. The number of aliphatic hydroxyl groups is 1. The standard InChI is InChI=1S/C16H21N3O/c1-12-6-7-15(17-11-12)16(20)10-13-8-9-19(18-13)14-4-2-3-5-14/h6-9,11,14,16,20H,2-5,10H2,1H3. The Kier molecular flexibility index (Phi) is 3.83. The molecule has 2 aromatic heterocycles. The molecule has 2 heterocycles. The molecular formula is C16H21N3O. The van der Waals surface area contributed by atoms with Gasteiger partial charge in [0.1, 0.15) is 6.10 Å². The van der Waals surface area contributed by atoms with Crippen molar-refractivity contribution in [1.29, 1.82) is 0 Å². The Bertz CT molecular complexity index is 555. The first-order chi connectivity index (χ1) is 9.72. The number of aromatic nitrogens is 3. The summed E-state index contributed by atoms with van der Waals surface area (Å²) in [5, 5.41) is 14.8. The molecule has 0 amide bonds. The molecule has 2 aromatic rings. The maximum absolute atomic E-state index is 10.2. The van der Waals surface area contributed by atoms with Gasteiger partial charge in [0.05, 0.1) is 17.4 Å². The smallest absolute Gasteiger partial charge is 0.102 e. The van der Waals surface area contributed by atoms with E-state index in [4.69, 9.17) is 0 Å². The average Bonchev–Trinajstić information content (AvgIpc) is 3.09. The van der Waals surface area contributed by atoms with E-state index in [1.54, 1.807) is 6.20 Å². The normalized spacial score (nSPS) is 17.5. The zero-order valence-corrected chi connectivity index (χ0v) is 11.9. The summed E-state index contributed by atoms with van der Waals surface area (Å²) in [4.78, 5) is 4.27. The Morgan fingerprint density at radius 3 is 2.80 bits per heavy atom. The second kappa shape index (κ2) is 5.75. The maximum atomic E-state index is 10.2. The van der Waals surface area contributed by atoms with Crippen molar-refractivity contribution in [2.75, 3.05) is 0 Å². The van der Waals surface area contributed by atoms with Crippen LogP contribution in [0.25, 0.3) is 0 Å². The molecule has 1 atom stereocenters. The highest BCUT2D eigenvalue weighted by Crippen LogP contribution is 2.29. The summed E-state index contributed by atoms with van der Waals surface area (Å²) < 4.78 is 2.07. The topological polar surface area (TPSA) is 50.9 Å². The van der Waals surface area contributed by atoms with E-state index in [1.807, 2.05) is 31.3 Å². The summed E-state index contributed by atoms with van der Waals surface area (Å²) in [7, 11) is 0. The molecular weight excluding hydrogens is 250 g/mol. The third-order valence-corrected chi connectivity index (χ3v) is 4.04. The molecule has 0 spiro atoms. The number of pyridine rings is 1. The molecule has 3 rings (SSSR count). The van der Waals surface area contributed by atoms with Crippen LogP contribution in [0, 0.1) is 6.92 Å². The molecule has 0 saturated heterocycles. The Hall–Kier alpha value is -1.68. The lowest BCUT2D eigenvalue weighted by atomic mass is 10.1. The molecule has 0 aromatic carbocycles. The Balaban J connectivity index is 1.66. The minimum absolute atomic E-state index is 0.524. The summed E-state index contributed by atoms with van der Waals surface area (Å²) in [6.45, 7) is 1.99. The SMILES string of the molecule is Cc1ccc(C(O)Cc2ccn(C3CCCC3)n2)nc1. The predicted octanol–water partition coefficient (Wildman–Crippen LogP) is 2.98. The van der Waals surface area contributed by atoms with E-state index in [1.165, 1.54) is 25.7 Å². The van der Waals surface area contributed by atoms with E-state index < -0.39 is 6.10 Å². The Labute approximate surface area is 119 Å². The molecule has 1 fully saturated rings. The molecule has 20 heavy (non-hydrogen) atoms. The summed E-state index contributed by atoms with van der Waals surface area (Å²) in [6, 6.07) is 6.42. The second-order valence-electron chi connectivity index (χ2n) is 5.71. The van der Waals surface area contributed by atoms with Gasteiger partial charge in [-0.2, -0.15) is 5.10 Å². The third kappa shape index (κ3) is 2.90. The first-order valence-corrected chi connectivity index (χ1v) is 7.37. The molecule has 0 aliphatic heterocycles. The monoisotopic (exact) mass is 271 g/mol. The van der Waals surface area contributed by atoms with Crippen molar-refractivity contribution in [2.45, 2.75) is 51.2 Å². The number of hydrogen-bond donors (Lipinski definition) is 1. The molecule has 106 valence electrons. The molecule has 4 nitrogen and oxygen atoms in total. The molecule has 0 bridgehead atoms. The first-order valence-electron chi connectivity index (χ1n) is 7.37. The number of aryl methyl sites for hydroxylation is 1. The number of rotatable bonds is 4. The molecule has 1 aliphatic rings. The van der Waals surface area contributed by atoms with Gasteiger partial charge in [0.15, 0.2) is 0 Å². The van der Waals surface area contributed by atoms with E-state index >= 15 is 0 Å². The zero-order valence-electron chi connectivity index (χ0n) is 11.9. The van der Waals surface area contributed by atoms with Crippen LogP contribution in [-0.2, 0) is 6.42 Å². The van der Waals surface area contributed by atoms with E-state index in [9.17, 15) is 5.11 Å². The van der Waals surface area contributed by atoms with Crippen molar-refractivity contribution < 1.29 is 5.11 Å². The molecule has 1 N–H and O–H groups in total. The van der Waals surface area contributed by atoms with Gasteiger partial charge in [-0.05, 0) is 37.5 Å². The van der Waals surface area contributed by atoms with E-state index in [-0.39, 0.29) is 0 Å². The van der Waals surface area contributed by atoms with Gasteiger partial charge in [0, 0.05) is 18.8 Å². The van der Waals surface area contributed by atoms with Crippen molar-refractivity contribution in [2.24, 2.45) is 0 Å². The van der Waals surface area contributed by atoms with Gasteiger partial charge in [-0.1, -0.05) is 18.9 Å². The van der Waals surface area contributed by atoms with Crippen LogP contribution < -0.4 is 0 Å². The van der Waals surface area contributed by atoms with Crippen LogP contribution in [-0.4, -0.2) is 19.9 Å².